The van der Waals surface area contributed by atoms with E-state index in [9.17, 15) is 27.6 Å². The molecule has 170 valence electrons. The number of esters is 1. The number of carbonyl (C=O) groups is 3. The number of methoxy groups -OCH3 is 1. The smallest absolute Gasteiger partial charge is 0.471 e. The van der Waals surface area contributed by atoms with Crippen molar-refractivity contribution in [1.82, 2.24) is 0 Å². The number of alkyl halides is 3. The average molecular weight is 443 g/mol. The molecule has 0 bridgehead atoms. The zero-order valence-electron chi connectivity index (χ0n) is 17.7. The summed E-state index contributed by atoms with van der Waals surface area (Å²) in [5.74, 6) is -3.63. The van der Waals surface area contributed by atoms with Crippen LogP contribution in [0.3, 0.4) is 0 Å². The van der Waals surface area contributed by atoms with Gasteiger partial charge in [-0.1, -0.05) is 11.6 Å². The zero-order valence-corrected chi connectivity index (χ0v) is 17.7. The summed E-state index contributed by atoms with van der Waals surface area (Å²) in [6.45, 7) is 4.27. The second kappa shape index (κ2) is 9.40. The predicted octanol–water partition coefficient (Wildman–Crippen LogP) is 3.94. The Labute approximate surface area is 177 Å². The maximum absolute atomic E-state index is 13.3. The van der Waals surface area contributed by atoms with Gasteiger partial charge in [0.2, 0.25) is 0 Å². The number of allylic oxidation sites excluding steroid dienone is 2. The van der Waals surface area contributed by atoms with Gasteiger partial charge < -0.3 is 19.5 Å². The molecule has 0 unspecified atom stereocenters. The van der Waals surface area contributed by atoms with Crippen LogP contribution in [-0.4, -0.2) is 42.8 Å². The normalized spacial score (nSPS) is 13.6. The molecule has 1 aromatic rings. The third kappa shape index (κ3) is 5.00. The lowest BCUT2D eigenvalue weighted by molar-refractivity contribution is -0.170. The van der Waals surface area contributed by atoms with Gasteiger partial charge in [-0.05, 0) is 39.2 Å². The van der Waals surface area contributed by atoms with E-state index in [2.05, 4.69) is 0 Å². The number of aliphatic carboxylic acids is 1. The fourth-order valence-corrected chi connectivity index (χ4v) is 3.56. The van der Waals surface area contributed by atoms with E-state index in [-0.39, 0.29) is 55.0 Å². The molecule has 31 heavy (non-hydrogen) atoms. The number of anilines is 1. The SMILES string of the molecule is CCN(C(=O)C(F)(F)F)c1c(C/C=C(\C)CCC(=O)O)c(OC)c(C)c2c1C(=O)OC2. The number of carbonyl (C=O) groups excluding carboxylic acids is 2. The Kier molecular flexibility index (Phi) is 7.35. The van der Waals surface area contributed by atoms with Crippen LogP contribution in [0.25, 0.3) is 0 Å². The van der Waals surface area contributed by atoms with Gasteiger partial charge in [0.05, 0.1) is 18.4 Å². The number of fused-ring (bicyclic) bond motifs is 1. The maximum atomic E-state index is 13.3. The monoisotopic (exact) mass is 443 g/mol. The molecule has 1 aliphatic rings. The van der Waals surface area contributed by atoms with Crippen molar-refractivity contribution in [3.05, 3.63) is 33.9 Å². The highest BCUT2D eigenvalue weighted by molar-refractivity contribution is 6.08. The van der Waals surface area contributed by atoms with E-state index >= 15 is 0 Å². The van der Waals surface area contributed by atoms with E-state index in [0.717, 1.165) is 0 Å². The Hall–Kier alpha value is -3.04. The van der Waals surface area contributed by atoms with Gasteiger partial charge in [-0.25, -0.2) is 4.79 Å². The number of hydrogen-bond acceptors (Lipinski definition) is 5. The Morgan fingerprint density at radius 2 is 1.94 bits per heavy atom. The lowest BCUT2D eigenvalue weighted by Crippen LogP contribution is -2.42. The molecule has 0 spiro atoms. The molecule has 1 aliphatic heterocycles. The number of rotatable bonds is 8. The molecule has 1 N–H and O–H groups in total. The van der Waals surface area contributed by atoms with Gasteiger partial charge in [0.15, 0.2) is 0 Å². The Morgan fingerprint density at radius 3 is 2.45 bits per heavy atom. The minimum Gasteiger partial charge on any atom is -0.496 e. The fourth-order valence-electron chi connectivity index (χ4n) is 3.56. The molecule has 0 atom stereocenters. The second-order valence-corrected chi connectivity index (χ2v) is 7.11. The first kappa shape index (κ1) is 24.2. The molecule has 10 heteroatoms. The molecule has 2 rings (SSSR count). The van der Waals surface area contributed by atoms with Gasteiger partial charge in [0.25, 0.3) is 0 Å². The molecule has 7 nitrogen and oxygen atoms in total. The third-order valence-electron chi connectivity index (χ3n) is 5.11. The highest BCUT2D eigenvalue weighted by Gasteiger charge is 2.45. The number of amides is 1. The Balaban J connectivity index is 2.72. The van der Waals surface area contributed by atoms with Crippen molar-refractivity contribution in [3.8, 4) is 5.75 Å². The second-order valence-electron chi connectivity index (χ2n) is 7.11. The van der Waals surface area contributed by atoms with E-state index in [4.69, 9.17) is 14.6 Å². The van der Waals surface area contributed by atoms with Crippen LogP contribution in [0.4, 0.5) is 18.9 Å². The summed E-state index contributed by atoms with van der Waals surface area (Å²) >= 11 is 0. The van der Waals surface area contributed by atoms with Crippen molar-refractivity contribution in [2.45, 2.75) is 52.8 Å². The van der Waals surface area contributed by atoms with Crippen LogP contribution >= 0.6 is 0 Å². The Bertz CT molecular complexity index is 936. The average Bonchev–Trinajstić information content (AvgIpc) is 3.07. The van der Waals surface area contributed by atoms with Gasteiger partial charge in [0, 0.05) is 24.1 Å². The number of hydrogen-bond donors (Lipinski definition) is 1. The summed E-state index contributed by atoms with van der Waals surface area (Å²) in [7, 11) is 1.35. The highest BCUT2D eigenvalue weighted by atomic mass is 19.4. The molecule has 0 aliphatic carbocycles. The van der Waals surface area contributed by atoms with Crippen LogP contribution in [0.15, 0.2) is 11.6 Å². The van der Waals surface area contributed by atoms with E-state index in [1.165, 1.54) is 14.0 Å². The van der Waals surface area contributed by atoms with Crippen molar-refractivity contribution < 1.29 is 42.1 Å². The fraction of sp³-hybridized carbons (Fsp3) is 0.476. The van der Waals surface area contributed by atoms with E-state index in [0.29, 0.717) is 21.6 Å². The third-order valence-corrected chi connectivity index (χ3v) is 5.11. The summed E-state index contributed by atoms with van der Waals surface area (Å²) in [5, 5.41) is 8.84. The van der Waals surface area contributed by atoms with Crippen LogP contribution < -0.4 is 9.64 Å². The van der Waals surface area contributed by atoms with E-state index in [1.807, 2.05) is 0 Å². The van der Waals surface area contributed by atoms with Crippen molar-refractivity contribution >= 4 is 23.5 Å². The highest BCUT2D eigenvalue weighted by Crippen LogP contribution is 2.44. The minimum atomic E-state index is -5.14. The van der Waals surface area contributed by atoms with Crippen molar-refractivity contribution in [2.75, 3.05) is 18.6 Å². The van der Waals surface area contributed by atoms with Crippen LogP contribution in [0.5, 0.6) is 5.75 Å². The van der Waals surface area contributed by atoms with E-state index < -0.39 is 24.0 Å². The number of carboxylic acids is 1. The molecule has 0 saturated carbocycles. The van der Waals surface area contributed by atoms with Crippen LogP contribution in [-0.2, 0) is 27.4 Å². The number of halogens is 3. The van der Waals surface area contributed by atoms with Gasteiger partial charge in [0.1, 0.15) is 12.4 Å². The standard InChI is InChI=1S/C21H24F3NO6/c1-5-25(20(29)21(22,23)24)17-13(8-6-11(2)7-9-15(26)27)18(30-4)12(3)14-10-31-19(28)16(14)17/h6H,5,7-10H2,1-4H3,(H,26,27)/b11-6+. The molecule has 0 radical (unpaired) electrons. The molecule has 1 heterocycles. The number of benzene rings is 1. The van der Waals surface area contributed by atoms with Crippen molar-refractivity contribution in [3.63, 3.8) is 0 Å². The topological polar surface area (TPSA) is 93.1 Å². The summed E-state index contributed by atoms with van der Waals surface area (Å²) < 4.78 is 50.4. The number of ether oxygens (including phenoxy) is 2. The summed E-state index contributed by atoms with van der Waals surface area (Å²) in [4.78, 5) is 35.9. The lowest BCUT2D eigenvalue weighted by Gasteiger charge is -2.28. The molecule has 1 amide bonds. The van der Waals surface area contributed by atoms with E-state index in [1.54, 1.807) is 19.9 Å². The van der Waals surface area contributed by atoms with Crippen LogP contribution in [0, 0.1) is 6.92 Å². The Morgan fingerprint density at radius 1 is 1.29 bits per heavy atom. The molecule has 0 saturated heterocycles. The van der Waals surface area contributed by atoms with Gasteiger partial charge in [-0.3, -0.25) is 9.59 Å². The summed E-state index contributed by atoms with van der Waals surface area (Å²) in [6.07, 6.45) is -3.31. The molecular weight excluding hydrogens is 419 g/mol. The first-order valence-corrected chi connectivity index (χ1v) is 9.59. The molecule has 0 aromatic heterocycles. The minimum absolute atomic E-state index is 0.0347. The number of cyclic esters (lactones) is 1. The summed E-state index contributed by atoms with van der Waals surface area (Å²) in [5.41, 5.74) is 1.57. The maximum Gasteiger partial charge on any atom is 0.471 e. The first-order chi connectivity index (χ1) is 14.4. The number of carboxylic acid groups (broad SMARTS) is 1. The number of nitrogens with zero attached hydrogens (tertiary/aromatic N) is 1. The van der Waals surface area contributed by atoms with Crippen molar-refractivity contribution in [2.24, 2.45) is 0 Å². The van der Waals surface area contributed by atoms with Crippen molar-refractivity contribution in [1.29, 1.82) is 0 Å². The largest absolute Gasteiger partial charge is 0.496 e. The molecule has 1 aromatic carbocycles. The lowest BCUT2D eigenvalue weighted by atomic mass is 9.92. The van der Waals surface area contributed by atoms with Crippen LogP contribution in [0.1, 0.15) is 53.7 Å². The van der Waals surface area contributed by atoms with Gasteiger partial charge in [-0.15, -0.1) is 0 Å². The first-order valence-electron chi connectivity index (χ1n) is 9.59. The zero-order chi connectivity index (χ0) is 23.5. The van der Waals surface area contributed by atoms with Gasteiger partial charge in [-0.2, -0.15) is 13.2 Å². The van der Waals surface area contributed by atoms with Crippen LogP contribution in [0.2, 0.25) is 0 Å². The van der Waals surface area contributed by atoms with Gasteiger partial charge >= 0.3 is 24.0 Å². The molecular formula is C21H24F3NO6. The summed E-state index contributed by atoms with van der Waals surface area (Å²) in [6, 6.07) is 0. The predicted molar refractivity (Wildman–Crippen MR) is 105 cm³/mol. The quantitative estimate of drug-likeness (QED) is 0.483. The molecule has 0 fully saturated rings.